The number of fused-ring (bicyclic) bond motifs is 4. The minimum atomic E-state index is 0.759. The molecule has 2 aromatic carbocycles. The molecule has 2 atom stereocenters. The number of aromatic nitrogens is 3. The van der Waals surface area contributed by atoms with Crippen LogP contribution in [0.25, 0.3) is 44.2 Å². The Hall–Kier alpha value is -3.41. The van der Waals surface area contributed by atoms with Crippen molar-refractivity contribution in [2.24, 2.45) is 0 Å². The SMILES string of the molecule is CN1C2CC1CN(Cc1ccc(-c3cnc4[nH]cc(-c5ccc6[nH]ccc6c5)c4c3)cc1)C2. The van der Waals surface area contributed by atoms with Gasteiger partial charge in [-0.05, 0) is 59.8 Å². The van der Waals surface area contributed by atoms with Crippen molar-refractivity contribution in [2.75, 3.05) is 20.1 Å². The van der Waals surface area contributed by atoms with Crippen LogP contribution in [0, 0.1) is 0 Å². The minimum Gasteiger partial charge on any atom is -0.361 e. The topological polar surface area (TPSA) is 50.9 Å². The molecule has 0 amide bonds. The van der Waals surface area contributed by atoms with E-state index in [9.17, 15) is 0 Å². The number of nitrogens with one attached hydrogen (secondary N) is 2. The minimum absolute atomic E-state index is 0.759. The van der Waals surface area contributed by atoms with Crippen LogP contribution in [0.15, 0.2) is 73.2 Å². The first-order valence-electron chi connectivity index (χ1n) is 11.8. The van der Waals surface area contributed by atoms with Gasteiger partial charge in [-0.15, -0.1) is 0 Å². The number of H-pyrrole nitrogens is 2. The molecule has 5 heteroatoms. The maximum atomic E-state index is 4.72. The molecule has 3 fully saturated rings. The van der Waals surface area contributed by atoms with Gasteiger partial charge in [-0.2, -0.15) is 0 Å². The lowest BCUT2D eigenvalue weighted by molar-refractivity contribution is -0.0532. The molecule has 0 aliphatic carbocycles. The predicted octanol–water partition coefficient (Wildman–Crippen LogP) is 5.27. The monoisotopic (exact) mass is 433 g/mol. The van der Waals surface area contributed by atoms with Gasteiger partial charge in [0.05, 0.1) is 0 Å². The molecule has 2 bridgehead atoms. The van der Waals surface area contributed by atoms with Crippen LogP contribution < -0.4 is 0 Å². The molecule has 3 aliphatic heterocycles. The van der Waals surface area contributed by atoms with E-state index in [-0.39, 0.29) is 0 Å². The van der Waals surface area contributed by atoms with Crippen LogP contribution in [-0.2, 0) is 6.54 Å². The molecular formula is C28H27N5. The van der Waals surface area contributed by atoms with E-state index in [1.807, 2.05) is 12.4 Å². The highest BCUT2D eigenvalue weighted by Gasteiger charge is 2.41. The molecular weight excluding hydrogens is 406 g/mol. The standard InChI is InChI=1S/C28H27N5/c1-32-23-12-24(32)17-33(16-23)15-18-2-4-19(5-3-18)22-11-25-26(14-31-28(25)30-13-22)20-6-7-27-21(10-20)8-9-29-27/h2-11,13-14,23-24,29H,12,15-17H2,1H3,(H,30,31). The highest BCUT2D eigenvalue weighted by atomic mass is 15.3. The van der Waals surface area contributed by atoms with E-state index in [1.54, 1.807) is 0 Å². The van der Waals surface area contributed by atoms with Gasteiger partial charge in [0.15, 0.2) is 0 Å². The quantitative estimate of drug-likeness (QED) is 0.406. The number of pyridine rings is 1. The van der Waals surface area contributed by atoms with E-state index < -0.39 is 0 Å². The number of hydrogen-bond donors (Lipinski definition) is 2. The number of rotatable bonds is 4. The van der Waals surface area contributed by atoms with E-state index in [4.69, 9.17) is 4.98 Å². The number of hydrogen-bond acceptors (Lipinski definition) is 3. The summed E-state index contributed by atoms with van der Waals surface area (Å²) in [4.78, 5) is 16.5. The summed E-state index contributed by atoms with van der Waals surface area (Å²) in [5.74, 6) is 0. The van der Waals surface area contributed by atoms with Crippen LogP contribution in [0.4, 0.5) is 0 Å². The van der Waals surface area contributed by atoms with Gasteiger partial charge in [0.25, 0.3) is 0 Å². The first-order valence-corrected chi connectivity index (χ1v) is 11.8. The third-order valence-electron chi connectivity index (χ3n) is 7.72. The Morgan fingerprint density at radius 3 is 2.55 bits per heavy atom. The lowest BCUT2D eigenvalue weighted by atomic mass is 9.88. The third-order valence-corrected chi connectivity index (χ3v) is 7.72. The lowest BCUT2D eigenvalue weighted by Crippen LogP contribution is -2.66. The van der Waals surface area contributed by atoms with Crippen LogP contribution in [0.1, 0.15) is 12.0 Å². The van der Waals surface area contributed by atoms with Crippen molar-refractivity contribution in [2.45, 2.75) is 25.0 Å². The van der Waals surface area contributed by atoms with Crippen molar-refractivity contribution < 1.29 is 0 Å². The summed E-state index contributed by atoms with van der Waals surface area (Å²) in [6.45, 7) is 3.43. The molecule has 6 heterocycles. The Morgan fingerprint density at radius 2 is 1.73 bits per heavy atom. The molecule has 5 aromatic rings. The Balaban J connectivity index is 1.16. The second-order valence-electron chi connectivity index (χ2n) is 9.70. The molecule has 33 heavy (non-hydrogen) atoms. The second-order valence-corrected chi connectivity index (χ2v) is 9.70. The van der Waals surface area contributed by atoms with Gasteiger partial charge >= 0.3 is 0 Å². The van der Waals surface area contributed by atoms with Gasteiger partial charge in [0.2, 0.25) is 0 Å². The number of likely N-dealkylation sites (N-methyl/N-ethyl adjacent to an activating group) is 1. The van der Waals surface area contributed by atoms with E-state index in [2.05, 4.69) is 87.6 Å². The summed E-state index contributed by atoms with van der Waals surface area (Å²) in [6.07, 6.45) is 7.40. The highest BCUT2D eigenvalue weighted by molar-refractivity contribution is 5.98. The zero-order chi connectivity index (χ0) is 21.9. The molecule has 0 radical (unpaired) electrons. The number of benzene rings is 2. The molecule has 164 valence electrons. The average molecular weight is 434 g/mol. The summed E-state index contributed by atoms with van der Waals surface area (Å²) in [6, 6.07) is 21.5. The van der Waals surface area contributed by atoms with Crippen molar-refractivity contribution in [3.63, 3.8) is 0 Å². The number of aromatic amines is 2. The molecule has 3 aromatic heterocycles. The Labute approximate surface area is 193 Å². The first-order chi connectivity index (χ1) is 16.2. The molecule has 0 saturated carbocycles. The van der Waals surface area contributed by atoms with Crippen LogP contribution >= 0.6 is 0 Å². The molecule has 2 N–H and O–H groups in total. The van der Waals surface area contributed by atoms with Gasteiger partial charge in [-0.25, -0.2) is 4.98 Å². The zero-order valence-electron chi connectivity index (χ0n) is 18.8. The Morgan fingerprint density at radius 1 is 0.909 bits per heavy atom. The smallest absolute Gasteiger partial charge is 0.137 e. The molecule has 3 saturated heterocycles. The van der Waals surface area contributed by atoms with Crippen molar-refractivity contribution in [1.82, 2.24) is 24.8 Å². The summed E-state index contributed by atoms with van der Waals surface area (Å²) in [5.41, 5.74) is 8.22. The summed E-state index contributed by atoms with van der Waals surface area (Å²) in [5, 5.41) is 2.38. The normalized spacial score (nSPS) is 21.0. The molecule has 0 spiro atoms. The summed E-state index contributed by atoms with van der Waals surface area (Å²) >= 11 is 0. The van der Waals surface area contributed by atoms with E-state index in [0.717, 1.165) is 40.7 Å². The van der Waals surface area contributed by atoms with Crippen LogP contribution in [0.2, 0.25) is 0 Å². The summed E-state index contributed by atoms with van der Waals surface area (Å²) < 4.78 is 0. The van der Waals surface area contributed by atoms with Gasteiger partial charge in [0, 0.05) is 72.3 Å². The fourth-order valence-corrected chi connectivity index (χ4v) is 5.69. The van der Waals surface area contributed by atoms with Crippen LogP contribution in [0.3, 0.4) is 0 Å². The zero-order valence-corrected chi connectivity index (χ0v) is 18.8. The van der Waals surface area contributed by atoms with E-state index in [0.29, 0.717) is 0 Å². The number of piperazine rings is 1. The van der Waals surface area contributed by atoms with Gasteiger partial charge in [-0.1, -0.05) is 30.3 Å². The molecule has 8 rings (SSSR count). The van der Waals surface area contributed by atoms with Crippen molar-refractivity contribution in [1.29, 1.82) is 0 Å². The van der Waals surface area contributed by atoms with Gasteiger partial charge < -0.3 is 9.97 Å². The molecule has 3 aliphatic rings. The predicted molar refractivity (Wildman–Crippen MR) is 134 cm³/mol. The van der Waals surface area contributed by atoms with E-state index >= 15 is 0 Å². The highest BCUT2D eigenvalue weighted by Crippen LogP contribution is 2.33. The van der Waals surface area contributed by atoms with Gasteiger partial charge in [0.1, 0.15) is 5.65 Å². The fraction of sp³-hybridized carbons (Fsp3) is 0.250. The first kappa shape index (κ1) is 19.1. The van der Waals surface area contributed by atoms with Crippen molar-refractivity contribution in [3.05, 3.63) is 78.8 Å². The van der Waals surface area contributed by atoms with Crippen molar-refractivity contribution >= 4 is 21.9 Å². The maximum Gasteiger partial charge on any atom is 0.137 e. The molecule has 2 unspecified atom stereocenters. The van der Waals surface area contributed by atoms with Crippen molar-refractivity contribution in [3.8, 4) is 22.3 Å². The summed E-state index contributed by atoms with van der Waals surface area (Å²) in [7, 11) is 2.27. The molecule has 5 nitrogen and oxygen atoms in total. The van der Waals surface area contributed by atoms with Gasteiger partial charge in [-0.3, -0.25) is 9.80 Å². The third kappa shape index (κ3) is 3.19. The second kappa shape index (κ2) is 7.30. The maximum absolute atomic E-state index is 4.72. The largest absolute Gasteiger partial charge is 0.361 e. The number of nitrogens with zero attached hydrogens (tertiary/aromatic N) is 3. The lowest BCUT2D eigenvalue weighted by Gasteiger charge is -2.55. The Bertz CT molecular complexity index is 1450. The van der Waals surface area contributed by atoms with Crippen LogP contribution in [-0.4, -0.2) is 57.0 Å². The Kier molecular flexibility index (Phi) is 4.23. The fourth-order valence-electron chi connectivity index (χ4n) is 5.69. The number of piperidine rings is 1. The van der Waals surface area contributed by atoms with Crippen LogP contribution in [0.5, 0.6) is 0 Å². The average Bonchev–Trinajstić information content (AvgIpc) is 3.50. The van der Waals surface area contributed by atoms with E-state index in [1.165, 1.54) is 47.2 Å².